The van der Waals surface area contributed by atoms with Crippen LogP contribution in [0.25, 0.3) is 0 Å². The molecule has 0 fully saturated rings. The molecule has 0 aliphatic rings. The summed E-state index contributed by atoms with van der Waals surface area (Å²) in [7, 11) is 0. The second kappa shape index (κ2) is 10.8. The van der Waals surface area contributed by atoms with Gasteiger partial charge >= 0.3 is 132 Å². The van der Waals surface area contributed by atoms with Gasteiger partial charge in [0.1, 0.15) is 0 Å². The predicted molar refractivity (Wildman–Crippen MR) is 3.59 cm³/mol. The fourth-order valence-corrected chi connectivity index (χ4v) is 0. The summed E-state index contributed by atoms with van der Waals surface area (Å²) in [5.41, 5.74) is 0. The van der Waals surface area contributed by atoms with Gasteiger partial charge in [0.25, 0.3) is 0 Å². The van der Waals surface area contributed by atoms with Crippen LogP contribution in [0.2, 0.25) is 0 Å². The van der Waals surface area contributed by atoms with E-state index in [1.165, 1.54) is 0 Å². The zero-order chi connectivity index (χ0) is 4.50. The Kier molecular flexibility index (Phi) is 30.6. The molecule has 40 valence electrons. The van der Waals surface area contributed by atoms with E-state index in [0.29, 0.717) is 0 Å². The molecule has 0 amide bonds. The summed E-state index contributed by atoms with van der Waals surface area (Å²) in [4.78, 5) is 0. The molecule has 0 atom stereocenters. The van der Waals surface area contributed by atoms with E-state index in [1.54, 1.807) is 0 Å². The maximum atomic E-state index is 8.70. The van der Waals surface area contributed by atoms with Crippen LogP contribution in [0.4, 0.5) is 0 Å². The molecule has 8 heavy (non-hydrogen) atoms. The summed E-state index contributed by atoms with van der Waals surface area (Å²) in [6.07, 6.45) is 0. The van der Waals surface area contributed by atoms with Gasteiger partial charge < -0.3 is 17.0 Å². The van der Waals surface area contributed by atoms with Gasteiger partial charge in [0.15, 0.2) is 0 Å². The summed E-state index contributed by atoms with van der Waals surface area (Å²) in [6, 6.07) is 0. The van der Waals surface area contributed by atoms with Crippen LogP contribution < -0.4 is 124 Å². The van der Waals surface area contributed by atoms with Gasteiger partial charge in [0.2, 0.25) is 0 Å². The molecule has 1 N–H and O–H groups in total. The Balaban J connectivity index is -0.0000000267. The van der Waals surface area contributed by atoms with Gasteiger partial charge in [0, 0.05) is 0 Å². The van der Waals surface area contributed by atoms with Gasteiger partial charge in [-0.25, -0.2) is 0 Å². The molecular weight excluding hydrogens is 274 g/mol. The van der Waals surface area contributed by atoms with Gasteiger partial charge in [-0.2, -0.15) is 0 Å². The molecule has 8 heteroatoms. The topological polar surface area (TPSA) is 77.4 Å². The number of hydrogen-bond donors (Lipinski definition) is 1. The van der Waals surface area contributed by atoms with E-state index in [-0.39, 0.29) is 120 Å². The van der Waals surface area contributed by atoms with Gasteiger partial charge in [-0.3, -0.25) is 0 Å². The van der Waals surface area contributed by atoms with Crippen LogP contribution in [0.3, 0.4) is 0 Å². The number of halogens is 1. The molecule has 0 aromatic heterocycles. The summed E-state index contributed by atoms with van der Waals surface area (Å²) in [5, 5.41) is 0. The van der Waals surface area contributed by atoms with Crippen molar-refractivity contribution in [3.05, 3.63) is 0 Å². The van der Waals surface area contributed by atoms with Crippen molar-refractivity contribution in [2.45, 2.75) is 0 Å². The Labute approximate surface area is 145 Å². The number of hydrogen-bond acceptors (Lipinski definition) is 3. The van der Waals surface area contributed by atoms with Crippen LogP contribution in [-0.4, -0.2) is 4.16 Å². The van der Waals surface area contributed by atoms with E-state index >= 15 is 0 Å². The van der Waals surface area contributed by atoms with Crippen molar-refractivity contribution in [1.82, 2.24) is 0 Å². The molecule has 0 radical (unpaired) electrons. The second-order valence-electron chi connectivity index (χ2n) is 0.428. The van der Waals surface area contributed by atoms with Gasteiger partial charge in [-0.1, -0.05) is 0 Å². The van der Waals surface area contributed by atoms with Crippen molar-refractivity contribution in [3.8, 4) is 0 Å². The number of rotatable bonds is 0. The van der Waals surface area contributed by atoms with Crippen LogP contribution in [-0.2, 0) is 21.2 Å². The third kappa shape index (κ3) is 52.5. The normalized spacial score (nSPS) is 7.25. The third-order valence-electron chi connectivity index (χ3n) is 0. The molecule has 0 saturated carbocycles. The molecular formula is HBrCrK2O4. The molecule has 0 aliphatic heterocycles. The van der Waals surface area contributed by atoms with Crippen molar-refractivity contribution in [2.75, 3.05) is 0 Å². The van der Waals surface area contributed by atoms with Gasteiger partial charge in [0.05, 0.1) is 0 Å². The van der Waals surface area contributed by atoms with E-state index in [9.17, 15) is 0 Å². The van der Waals surface area contributed by atoms with E-state index in [4.69, 9.17) is 15.9 Å². The summed E-state index contributed by atoms with van der Waals surface area (Å²) in [5.74, 6) is 0. The second-order valence-corrected chi connectivity index (χ2v) is 1.76. The molecule has 0 aromatic carbocycles. The summed E-state index contributed by atoms with van der Waals surface area (Å²) in [6.45, 7) is 0. The van der Waals surface area contributed by atoms with E-state index < -0.39 is 13.6 Å². The Morgan fingerprint density at radius 3 is 1.25 bits per heavy atom. The van der Waals surface area contributed by atoms with Crippen molar-refractivity contribution >= 4 is 0 Å². The minimum atomic E-state index is -5.50. The van der Waals surface area contributed by atoms with Crippen LogP contribution in [0.5, 0.6) is 0 Å². The first-order chi connectivity index (χ1) is 2.00. The third-order valence-corrected chi connectivity index (χ3v) is 0. The Morgan fingerprint density at radius 2 is 1.25 bits per heavy atom. The fraction of sp³-hybridized carbons (Fsp3) is 0. The summed E-state index contributed by atoms with van der Waals surface area (Å²) >= 11 is -5.50. The van der Waals surface area contributed by atoms with Crippen LogP contribution in [0.1, 0.15) is 0 Å². The molecule has 0 saturated heterocycles. The minimum absolute atomic E-state index is 0. The first-order valence-electron chi connectivity index (χ1n) is 0.683. The molecule has 0 heterocycles. The van der Waals surface area contributed by atoms with E-state index in [1.807, 2.05) is 0 Å². The van der Waals surface area contributed by atoms with Gasteiger partial charge in [-0.15, -0.1) is 0 Å². The van der Waals surface area contributed by atoms with Crippen molar-refractivity contribution in [2.24, 2.45) is 0 Å². The van der Waals surface area contributed by atoms with Gasteiger partial charge in [-0.05, 0) is 0 Å². The first kappa shape index (κ1) is 22.6. The average Bonchev–Trinajstić information content (AvgIpc) is 0.722. The Morgan fingerprint density at radius 1 is 1.25 bits per heavy atom. The molecule has 0 aliphatic carbocycles. The summed E-state index contributed by atoms with van der Waals surface area (Å²) < 4.78 is 33.1. The monoisotopic (exact) mass is 274 g/mol. The quantitative estimate of drug-likeness (QED) is 0.445. The fourth-order valence-electron chi connectivity index (χ4n) is 0. The first-order valence-corrected chi connectivity index (χ1v) is 2.81. The zero-order valence-corrected chi connectivity index (χ0v) is 13.6. The average molecular weight is 275 g/mol. The predicted octanol–water partition coefficient (Wildman–Crippen LogP) is -11.0. The molecule has 0 aromatic rings. The Hall–Kier alpha value is 3.81. The van der Waals surface area contributed by atoms with Crippen molar-refractivity contribution < 1.29 is 149 Å². The van der Waals surface area contributed by atoms with Crippen molar-refractivity contribution in [1.29, 1.82) is 0 Å². The van der Waals surface area contributed by atoms with Crippen LogP contribution in [0.15, 0.2) is 0 Å². The molecule has 4 nitrogen and oxygen atoms in total. The van der Waals surface area contributed by atoms with Crippen LogP contribution in [0, 0.1) is 0 Å². The van der Waals surface area contributed by atoms with E-state index in [0.717, 1.165) is 0 Å². The zero-order valence-electron chi connectivity index (χ0n) is 4.46. The molecule has 0 bridgehead atoms. The van der Waals surface area contributed by atoms with E-state index in [2.05, 4.69) is 0 Å². The SMILES string of the molecule is [Br-].[K+].[K+].[O]=[Cr](=[O])([O-])[OH]. The van der Waals surface area contributed by atoms with Crippen LogP contribution >= 0.6 is 0 Å². The molecule has 0 unspecified atom stereocenters. The maximum absolute atomic E-state index is 8.70. The standard InChI is InChI=1S/BrH.Cr.2K.H2O.3O/h1H;;;;1H2;;;/q;3*+1;;;;-1/p-2. The Bertz CT molecular complexity index is 97.2. The van der Waals surface area contributed by atoms with Crippen molar-refractivity contribution in [3.63, 3.8) is 0 Å². The molecule has 0 rings (SSSR count). The molecule has 0 spiro atoms.